The van der Waals surface area contributed by atoms with Crippen molar-refractivity contribution < 1.29 is 8.42 Å². The molecule has 7 heteroatoms. The van der Waals surface area contributed by atoms with Gasteiger partial charge in [-0.3, -0.25) is 9.71 Å². The summed E-state index contributed by atoms with van der Waals surface area (Å²) in [6.45, 7) is 0. The van der Waals surface area contributed by atoms with Crippen LogP contribution in [0.25, 0.3) is 0 Å². The first-order valence-electron chi connectivity index (χ1n) is 5.30. The summed E-state index contributed by atoms with van der Waals surface area (Å²) in [5.74, 6) is 0. The average Bonchev–Trinajstić information content (AvgIpc) is 2.39. The lowest BCUT2D eigenvalue weighted by molar-refractivity contribution is 0.601. The van der Waals surface area contributed by atoms with Crippen LogP contribution in [-0.2, 0) is 10.0 Å². The van der Waals surface area contributed by atoms with Crippen molar-refractivity contribution in [2.24, 2.45) is 0 Å². The van der Waals surface area contributed by atoms with Gasteiger partial charge in [-0.2, -0.15) is 0 Å². The van der Waals surface area contributed by atoms with E-state index in [0.29, 0.717) is 5.69 Å². The Bertz CT molecular complexity index is 690. The molecule has 0 amide bonds. The van der Waals surface area contributed by atoms with E-state index in [4.69, 9.17) is 11.6 Å². The summed E-state index contributed by atoms with van der Waals surface area (Å²) in [5, 5.41) is 0.143. The summed E-state index contributed by atoms with van der Waals surface area (Å²) in [7, 11) is -3.73. The van der Waals surface area contributed by atoms with Crippen LogP contribution in [0.4, 0.5) is 5.69 Å². The second-order valence-corrected chi connectivity index (χ2v) is 6.52. The SMILES string of the molecule is CSc1ccccc1NS(=O)(=O)c1cnccc1Cl. The molecule has 0 aliphatic carbocycles. The molecular weight excluding hydrogens is 304 g/mol. The number of hydrogen-bond acceptors (Lipinski definition) is 4. The number of para-hydroxylation sites is 1. The number of nitrogens with one attached hydrogen (secondary N) is 1. The Labute approximate surface area is 121 Å². The van der Waals surface area contributed by atoms with Gasteiger partial charge in [0.2, 0.25) is 0 Å². The first kappa shape index (κ1) is 14.2. The lowest BCUT2D eigenvalue weighted by Gasteiger charge is -2.11. The summed E-state index contributed by atoms with van der Waals surface area (Å²) < 4.78 is 27.0. The van der Waals surface area contributed by atoms with Crippen LogP contribution in [0.2, 0.25) is 5.02 Å². The van der Waals surface area contributed by atoms with Gasteiger partial charge in [0, 0.05) is 17.3 Å². The van der Waals surface area contributed by atoms with E-state index in [1.807, 2.05) is 18.4 Å². The Morgan fingerprint density at radius 3 is 2.68 bits per heavy atom. The number of halogens is 1. The van der Waals surface area contributed by atoms with Crippen LogP contribution >= 0.6 is 23.4 Å². The van der Waals surface area contributed by atoms with E-state index in [2.05, 4.69) is 9.71 Å². The molecule has 2 rings (SSSR count). The van der Waals surface area contributed by atoms with Gasteiger partial charge in [0.15, 0.2) is 0 Å². The molecule has 0 unspecified atom stereocenters. The van der Waals surface area contributed by atoms with Crippen molar-refractivity contribution in [2.45, 2.75) is 9.79 Å². The Morgan fingerprint density at radius 2 is 2.00 bits per heavy atom. The van der Waals surface area contributed by atoms with E-state index >= 15 is 0 Å². The molecule has 0 saturated carbocycles. The number of nitrogens with zero attached hydrogens (tertiary/aromatic N) is 1. The standard InChI is InChI=1S/C12H11ClN2O2S2/c1-18-11-5-3-2-4-10(11)15-19(16,17)12-8-14-7-6-9(12)13/h2-8,15H,1H3. The van der Waals surface area contributed by atoms with Crippen molar-refractivity contribution >= 4 is 39.1 Å². The third-order valence-electron chi connectivity index (χ3n) is 2.37. The molecule has 0 radical (unpaired) electrons. The summed E-state index contributed by atoms with van der Waals surface area (Å²) in [5.41, 5.74) is 0.523. The third-order valence-corrected chi connectivity index (χ3v) is 5.01. The number of anilines is 1. The van der Waals surface area contributed by atoms with Crippen molar-refractivity contribution in [3.63, 3.8) is 0 Å². The summed E-state index contributed by atoms with van der Waals surface area (Å²) in [4.78, 5) is 4.59. The Morgan fingerprint density at radius 1 is 1.26 bits per heavy atom. The predicted molar refractivity (Wildman–Crippen MR) is 78.3 cm³/mol. The second kappa shape index (κ2) is 5.81. The zero-order valence-corrected chi connectivity index (χ0v) is 12.4. The second-order valence-electron chi connectivity index (χ2n) is 3.61. The maximum absolute atomic E-state index is 12.2. The molecule has 1 aromatic carbocycles. The number of hydrogen-bond donors (Lipinski definition) is 1. The smallest absolute Gasteiger partial charge is 0.264 e. The normalized spacial score (nSPS) is 11.3. The molecule has 19 heavy (non-hydrogen) atoms. The van der Waals surface area contributed by atoms with Gasteiger partial charge in [-0.05, 0) is 24.5 Å². The number of aromatic nitrogens is 1. The lowest BCUT2D eigenvalue weighted by atomic mass is 10.3. The fraction of sp³-hybridized carbons (Fsp3) is 0.0833. The molecule has 0 aliphatic rings. The summed E-state index contributed by atoms with van der Waals surface area (Å²) in [6.07, 6.45) is 4.55. The maximum Gasteiger partial charge on any atom is 0.264 e. The third kappa shape index (κ3) is 3.20. The Hall–Kier alpha value is -1.24. The zero-order chi connectivity index (χ0) is 13.9. The van der Waals surface area contributed by atoms with Crippen LogP contribution in [0.5, 0.6) is 0 Å². The largest absolute Gasteiger partial charge is 0.278 e. The molecule has 1 heterocycles. The molecule has 1 aromatic heterocycles. The first-order valence-corrected chi connectivity index (χ1v) is 8.38. The Balaban J connectivity index is 2.40. The number of rotatable bonds is 4. The average molecular weight is 315 g/mol. The molecule has 0 aliphatic heterocycles. The van der Waals surface area contributed by atoms with Gasteiger partial charge in [-0.15, -0.1) is 11.8 Å². The van der Waals surface area contributed by atoms with Gasteiger partial charge >= 0.3 is 0 Å². The fourth-order valence-electron chi connectivity index (χ4n) is 1.49. The van der Waals surface area contributed by atoms with Crippen LogP contribution in [-0.4, -0.2) is 19.7 Å². The van der Waals surface area contributed by atoms with Gasteiger partial charge in [0.25, 0.3) is 10.0 Å². The van der Waals surface area contributed by atoms with Crippen molar-refractivity contribution in [1.82, 2.24) is 4.98 Å². The van der Waals surface area contributed by atoms with Gasteiger partial charge < -0.3 is 0 Å². The van der Waals surface area contributed by atoms with E-state index in [0.717, 1.165) is 4.90 Å². The van der Waals surface area contributed by atoms with Gasteiger partial charge in [0.05, 0.1) is 10.7 Å². The molecule has 0 saturated heterocycles. The molecule has 0 atom stereocenters. The fourth-order valence-corrected chi connectivity index (χ4v) is 3.62. The van der Waals surface area contributed by atoms with Crippen molar-refractivity contribution in [3.8, 4) is 0 Å². The number of sulfonamides is 1. The molecule has 2 aromatic rings. The number of thioether (sulfide) groups is 1. The highest BCUT2D eigenvalue weighted by molar-refractivity contribution is 7.99. The van der Waals surface area contributed by atoms with Crippen LogP contribution in [0.1, 0.15) is 0 Å². The quantitative estimate of drug-likeness (QED) is 0.880. The highest BCUT2D eigenvalue weighted by Crippen LogP contribution is 2.28. The van der Waals surface area contributed by atoms with E-state index in [1.165, 1.54) is 30.2 Å². The molecule has 100 valence electrons. The Kier molecular flexibility index (Phi) is 4.34. The van der Waals surface area contributed by atoms with Crippen molar-refractivity contribution in [2.75, 3.05) is 11.0 Å². The van der Waals surface area contributed by atoms with Gasteiger partial charge in [-0.25, -0.2) is 8.42 Å². The van der Waals surface area contributed by atoms with Gasteiger partial charge in [0.1, 0.15) is 4.90 Å². The van der Waals surface area contributed by atoms with Crippen LogP contribution in [0.3, 0.4) is 0 Å². The first-order chi connectivity index (χ1) is 9.04. The van der Waals surface area contributed by atoms with Crippen LogP contribution in [0, 0.1) is 0 Å². The molecule has 0 spiro atoms. The zero-order valence-electron chi connectivity index (χ0n) is 10.00. The highest BCUT2D eigenvalue weighted by Gasteiger charge is 2.19. The maximum atomic E-state index is 12.2. The van der Waals surface area contributed by atoms with E-state index in [9.17, 15) is 8.42 Å². The minimum atomic E-state index is -3.73. The predicted octanol–water partition coefficient (Wildman–Crippen LogP) is 3.26. The molecular formula is C12H11ClN2O2S2. The van der Waals surface area contributed by atoms with Crippen LogP contribution in [0.15, 0.2) is 52.5 Å². The summed E-state index contributed by atoms with van der Waals surface area (Å²) >= 11 is 7.34. The molecule has 0 fully saturated rings. The van der Waals surface area contributed by atoms with Crippen molar-refractivity contribution in [1.29, 1.82) is 0 Å². The monoisotopic (exact) mass is 314 g/mol. The lowest BCUT2D eigenvalue weighted by Crippen LogP contribution is -2.14. The molecule has 4 nitrogen and oxygen atoms in total. The van der Waals surface area contributed by atoms with E-state index in [1.54, 1.807) is 12.1 Å². The summed E-state index contributed by atoms with van der Waals surface area (Å²) in [6, 6.07) is 8.60. The minimum Gasteiger partial charge on any atom is -0.278 e. The number of benzene rings is 1. The van der Waals surface area contributed by atoms with Gasteiger partial charge in [-0.1, -0.05) is 23.7 Å². The molecule has 1 N–H and O–H groups in total. The topological polar surface area (TPSA) is 59.1 Å². The van der Waals surface area contributed by atoms with Crippen LogP contribution < -0.4 is 4.72 Å². The number of pyridine rings is 1. The van der Waals surface area contributed by atoms with Crippen molar-refractivity contribution in [3.05, 3.63) is 47.7 Å². The highest BCUT2D eigenvalue weighted by atomic mass is 35.5. The van der Waals surface area contributed by atoms with E-state index < -0.39 is 10.0 Å². The van der Waals surface area contributed by atoms with E-state index in [-0.39, 0.29) is 9.92 Å². The minimum absolute atomic E-state index is 0.0347. The molecule has 0 bridgehead atoms.